The summed E-state index contributed by atoms with van der Waals surface area (Å²) in [6, 6.07) is 7.10. The molecular formula is C12H14ClNO3. The van der Waals surface area contributed by atoms with E-state index in [4.69, 9.17) is 11.6 Å². The number of benzene rings is 1. The van der Waals surface area contributed by atoms with Crippen molar-refractivity contribution < 1.29 is 14.3 Å². The number of carbonyl (C=O) groups excluding carboxylic acids is 2. The first-order valence-electron chi connectivity index (χ1n) is 5.20. The van der Waals surface area contributed by atoms with E-state index in [1.807, 2.05) is 6.07 Å². The SMILES string of the molecule is COC(=O)CCNC(=O)Cc1cccc(Cl)c1. The summed E-state index contributed by atoms with van der Waals surface area (Å²) in [5.74, 6) is -0.482. The lowest BCUT2D eigenvalue weighted by atomic mass is 10.1. The van der Waals surface area contributed by atoms with Crippen molar-refractivity contribution in [1.29, 1.82) is 0 Å². The molecule has 0 saturated carbocycles. The molecule has 1 amide bonds. The van der Waals surface area contributed by atoms with Crippen molar-refractivity contribution in [3.63, 3.8) is 0 Å². The van der Waals surface area contributed by atoms with Gasteiger partial charge >= 0.3 is 5.97 Å². The maximum absolute atomic E-state index is 11.5. The Bertz CT molecular complexity index is 406. The number of rotatable bonds is 5. The van der Waals surface area contributed by atoms with Crippen LogP contribution in [0.15, 0.2) is 24.3 Å². The topological polar surface area (TPSA) is 55.4 Å². The number of halogens is 1. The van der Waals surface area contributed by atoms with Crippen molar-refractivity contribution >= 4 is 23.5 Å². The third-order valence-corrected chi connectivity index (χ3v) is 2.37. The maximum atomic E-state index is 11.5. The van der Waals surface area contributed by atoms with Crippen molar-refractivity contribution in [3.05, 3.63) is 34.9 Å². The van der Waals surface area contributed by atoms with Gasteiger partial charge in [-0.15, -0.1) is 0 Å². The highest BCUT2D eigenvalue weighted by molar-refractivity contribution is 6.30. The Morgan fingerprint density at radius 1 is 1.41 bits per heavy atom. The molecule has 0 bridgehead atoms. The van der Waals surface area contributed by atoms with Crippen LogP contribution in [0.1, 0.15) is 12.0 Å². The molecule has 1 N–H and O–H groups in total. The number of hydrogen-bond acceptors (Lipinski definition) is 3. The Hall–Kier alpha value is -1.55. The van der Waals surface area contributed by atoms with Crippen LogP contribution in [0, 0.1) is 0 Å². The average Bonchev–Trinajstić information content (AvgIpc) is 2.28. The van der Waals surface area contributed by atoms with Gasteiger partial charge in [0.05, 0.1) is 20.0 Å². The van der Waals surface area contributed by atoms with E-state index in [-0.39, 0.29) is 31.3 Å². The lowest BCUT2D eigenvalue weighted by Gasteiger charge is -2.04. The molecule has 0 heterocycles. The normalized spacial score (nSPS) is 9.76. The number of methoxy groups -OCH3 is 1. The van der Waals surface area contributed by atoms with Crippen LogP contribution >= 0.6 is 11.6 Å². The molecule has 0 fully saturated rings. The fraction of sp³-hybridized carbons (Fsp3) is 0.333. The lowest BCUT2D eigenvalue weighted by Crippen LogP contribution is -2.27. The molecule has 0 unspecified atom stereocenters. The second kappa shape index (κ2) is 6.91. The van der Waals surface area contributed by atoms with Crippen LogP contribution in [-0.2, 0) is 20.7 Å². The van der Waals surface area contributed by atoms with Crippen LogP contribution in [0.2, 0.25) is 5.02 Å². The molecule has 0 aliphatic heterocycles. The Labute approximate surface area is 105 Å². The number of hydrogen-bond donors (Lipinski definition) is 1. The molecule has 0 radical (unpaired) electrons. The zero-order valence-electron chi connectivity index (χ0n) is 9.53. The minimum atomic E-state index is -0.340. The molecule has 0 aliphatic carbocycles. The summed E-state index contributed by atoms with van der Waals surface area (Å²) >= 11 is 5.80. The van der Waals surface area contributed by atoms with Crippen molar-refractivity contribution in [3.8, 4) is 0 Å². The summed E-state index contributed by atoms with van der Waals surface area (Å²) in [5, 5.41) is 3.23. The van der Waals surface area contributed by atoms with E-state index >= 15 is 0 Å². The van der Waals surface area contributed by atoms with Gasteiger partial charge in [-0.1, -0.05) is 23.7 Å². The van der Waals surface area contributed by atoms with Gasteiger partial charge in [-0.2, -0.15) is 0 Å². The summed E-state index contributed by atoms with van der Waals surface area (Å²) in [4.78, 5) is 22.3. The van der Waals surface area contributed by atoms with Gasteiger partial charge in [-0.3, -0.25) is 9.59 Å². The van der Waals surface area contributed by atoms with Crippen molar-refractivity contribution in [1.82, 2.24) is 5.32 Å². The van der Waals surface area contributed by atoms with Crippen LogP contribution in [-0.4, -0.2) is 25.5 Å². The minimum absolute atomic E-state index is 0.142. The van der Waals surface area contributed by atoms with Crippen molar-refractivity contribution in [2.45, 2.75) is 12.8 Å². The zero-order chi connectivity index (χ0) is 12.7. The minimum Gasteiger partial charge on any atom is -0.469 e. The molecule has 17 heavy (non-hydrogen) atoms. The van der Waals surface area contributed by atoms with Crippen molar-refractivity contribution in [2.75, 3.05) is 13.7 Å². The summed E-state index contributed by atoms with van der Waals surface area (Å²) < 4.78 is 4.46. The highest BCUT2D eigenvalue weighted by Gasteiger charge is 2.05. The number of nitrogens with one attached hydrogen (secondary N) is 1. The van der Waals surface area contributed by atoms with Gasteiger partial charge < -0.3 is 10.1 Å². The van der Waals surface area contributed by atoms with Gasteiger partial charge in [0.25, 0.3) is 0 Å². The summed E-state index contributed by atoms with van der Waals surface area (Å²) in [5.41, 5.74) is 0.841. The van der Waals surface area contributed by atoms with Gasteiger partial charge in [-0.05, 0) is 17.7 Å². The predicted octanol–water partition coefficient (Wildman–Crippen LogP) is 1.56. The molecule has 0 atom stereocenters. The van der Waals surface area contributed by atoms with Crippen LogP contribution in [0.4, 0.5) is 0 Å². The van der Waals surface area contributed by atoms with E-state index in [9.17, 15) is 9.59 Å². The van der Waals surface area contributed by atoms with Gasteiger partial charge in [-0.25, -0.2) is 0 Å². The van der Waals surface area contributed by atoms with E-state index < -0.39 is 0 Å². The monoisotopic (exact) mass is 255 g/mol. The quantitative estimate of drug-likeness (QED) is 0.813. The molecule has 0 aliphatic rings. The number of amides is 1. The number of carbonyl (C=O) groups is 2. The predicted molar refractivity (Wildman–Crippen MR) is 64.8 cm³/mol. The third kappa shape index (κ3) is 5.36. The summed E-state index contributed by atoms with van der Waals surface area (Å²) in [6.45, 7) is 0.284. The summed E-state index contributed by atoms with van der Waals surface area (Å²) in [7, 11) is 1.32. The van der Waals surface area contributed by atoms with Crippen molar-refractivity contribution in [2.24, 2.45) is 0 Å². The molecule has 0 spiro atoms. The zero-order valence-corrected chi connectivity index (χ0v) is 10.3. The summed E-state index contributed by atoms with van der Waals surface area (Å²) in [6.07, 6.45) is 0.430. The Morgan fingerprint density at radius 2 is 2.18 bits per heavy atom. The standard InChI is InChI=1S/C12H14ClNO3/c1-17-12(16)5-6-14-11(15)8-9-3-2-4-10(13)7-9/h2-4,7H,5-6,8H2,1H3,(H,14,15). The molecule has 92 valence electrons. The third-order valence-electron chi connectivity index (χ3n) is 2.13. The van der Waals surface area contributed by atoms with Crippen LogP contribution < -0.4 is 5.32 Å². The second-order valence-corrected chi connectivity index (χ2v) is 3.92. The maximum Gasteiger partial charge on any atom is 0.307 e. The highest BCUT2D eigenvalue weighted by Crippen LogP contribution is 2.10. The molecule has 1 rings (SSSR count). The van der Waals surface area contributed by atoms with E-state index in [0.717, 1.165) is 5.56 Å². The first-order valence-corrected chi connectivity index (χ1v) is 5.57. The Balaban J connectivity index is 2.32. The lowest BCUT2D eigenvalue weighted by molar-refractivity contribution is -0.140. The van der Waals surface area contributed by atoms with Gasteiger partial charge in [0.1, 0.15) is 0 Å². The van der Waals surface area contributed by atoms with Crippen LogP contribution in [0.25, 0.3) is 0 Å². The largest absolute Gasteiger partial charge is 0.469 e. The molecular weight excluding hydrogens is 242 g/mol. The molecule has 1 aromatic carbocycles. The number of ether oxygens (including phenoxy) is 1. The second-order valence-electron chi connectivity index (χ2n) is 3.48. The van der Waals surface area contributed by atoms with Crippen LogP contribution in [0.5, 0.6) is 0 Å². The molecule has 0 aromatic heterocycles. The van der Waals surface area contributed by atoms with Crippen LogP contribution in [0.3, 0.4) is 0 Å². The van der Waals surface area contributed by atoms with Gasteiger partial charge in [0.15, 0.2) is 0 Å². The fourth-order valence-electron chi connectivity index (χ4n) is 1.30. The van der Waals surface area contributed by atoms with E-state index in [0.29, 0.717) is 5.02 Å². The van der Waals surface area contributed by atoms with E-state index in [1.54, 1.807) is 18.2 Å². The Morgan fingerprint density at radius 3 is 2.82 bits per heavy atom. The fourth-order valence-corrected chi connectivity index (χ4v) is 1.51. The first kappa shape index (κ1) is 13.5. The number of esters is 1. The molecule has 0 saturated heterocycles. The average molecular weight is 256 g/mol. The molecule has 5 heteroatoms. The van der Waals surface area contributed by atoms with Gasteiger partial charge in [0, 0.05) is 11.6 Å². The first-order chi connectivity index (χ1) is 8.11. The van der Waals surface area contributed by atoms with E-state index in [1.165, 1.54) is 7.11 Å². The van der Waals surface area contributed by atoms with E-state index in [2.05, 4.69) is 10.1 Å². The highest BCUT2D eigenvalue weighted by atomic mass is 35.5. The molecule has 4 nitrogen and oxygen atoms in total. The Kier molecular flexibility index (Phi) is 5.49. The van der Waals surface area contributed by atoms with Gasteiger partial charge in [0.2, 0.25) is 5.91 Å². The smallest absolute Gasteiger partial charge is 0.307 e. The molecule has 1 aromatic rings.